The van der Waals surface area contributed by atoms with Crippen LogP contribution in [0.1, 0.15) is 43.7 Å². The standard InChI is InChI=1S/C24H26F2N6O3S/c1-6-7-35-19-11-28-18(10-29-19)21(34)31-15-8-16(20(26)17(25)9-15)24(5)13(2)23(4,12-30-14(3)33)36-22(27)32-24/h1,8-11,13H,7,12H2,2-5H3,(H2,27,32)(H,30,33)(H,31,34)/t13?,23-,24+/m1/s1. The largest absolute Gasteiger partial charge is 0.463 e. The van der Waals surface area contributed by atoms with E-state index in [1.807, 2.05) is 13.8 Å². The molecule has 4 N–H and O–H groups in total. The molecule has 0 fully saturated rings. The van der Waals surface area contributed by atoms with E-state index < -0.39 is 33.7 Å². The molecule has 12 heteroatoms. The van der Waals surface area contributed by atoms with E-state index in [-0.39, 0.29) is 47.1 Å². The highest BCUT2D eigenvalue weighted by Gasteiger charge is 2.50. The first kappa shape index (κ1) is 26.9. The fourth-order valence-electron chi connectivity index (χ4n) is 3.90. The summed E-state index contributed by atoms with van der Waals surface area (Å²) in [6.45, 7) is 6.95. The third-order valence-electron chi connectivity index (χ3n) is 6.12. The highest BCUT2D eigenvalue weighted by molar-refractivity contribution is 8.15. The second kappa shape index (κ2) is 10.5. The Kier molecular flexibility index (Phi) is 7.83. The number of nitrogens with one attached hydrogen (secondary N) is 2. The lowest BCUT2D eigenvalue weighted by Crippen LogP contribution is -2.53. The number of rotatable bonds is 7. The molecule has 1 aliphatic heterocycles. The molecule has 0 bridgehead atoms. The maximum Gasteiger partial charge on any atom is 0.275 e. The Bertz CT molecular complexity index is 1250. The first-order chi connectivity index (χ1) is 16.9. The van der Waals surface area contributed by atoms with Crippen molar-refractivity contribution in [1.82, 2.24) is 15.3 Å². The van der Waals surface area contributed by atoms with Crippen molar-refractivity contribution in [3.63, 3.8) is 0 Å². The van der Waals surface area contributed by atoms with E-state index in [1.54, 1.807) is 6.92 Å². The van der Waals surface area contributed by atoms with Gasteiger partial charge < -0.3 is 21.1 Å². The summed E-state index contributed by atoms with van der Waals surface area (Å²) in [5, 5.41) is 5.44. The lowest BCUT2D eigenvalue weighted by molar-refractivity contribution is -0.119. The van der Waals surface area contributed by atoms with Crippen molar-refractivity contribution in [2.24, 2.45) is 16.6 Å². The molecule has 2 amide bonds. The Morgan fingerprint density at radius 1 is 1.28 bits per heavy atom. The fourth-order valence-corrected chi connectivity index (χ4v) is 5.16. The molecule has 3 rings (SSSR count). The monoisotopic (exact) mass is 516 g/mol. The van der Waals surface area contributed by atoms with Crippen molar-refractivity contribution in [1.29, 1.82) is 0 Å². The molecule has 1 aliphatic rings. The summed E-state index contributed by atoms with van der Waals surface area (Å²) < 4.78 is 34.3. The van der Waals surface area contributed by atoms with Gasteiger partial charge in [0.1, 0.15) is 5.69 Å². The maximum absolute atomic E-state index is 15.2. The number of hydrogen-bond acceptors (Lipinski definition) is 8. The molecular weight excluding hydrogens is 490 g/mol. The number of aliphatic imine (C=N–C) groups is 1. The number of halogens is 2. The van der Waals surface area contributed by atoms with Crippen LogP contribution in [0.25, 0.3) is 0 Å². The third kappa shape index (κ3) is 5.57. The summed E-state index contributed by atoms with van der Waals surface area (Å²) in [5.41, 5.74) is 4.62. The van der Waals surface area contributed by atoms with E-state index in [1.165, 1.54) is 37.1 Å². The summed E-state index contributed by atoms with van der Waals surface area (Å²) in [4.78, 5) is 36.6. The predicted molar refractivity (Wildman–Crippen MR) is 133 cm³/mol. The van der Waals surface area contributed by atoms with Gasteiger partial charge in [0.25, 0.3) is 5.91 Å². The molecule has 0 saturated heterocycles. The Hall–Kier alpha value is -3.72. The minimum atomic E-state index is -1.30. The van der Waals surface area contributed by atoms with Crippen LogP contribution in [0.4, 0.5) is 14.5 Å². The first-order valence-electron chi connectivity index (χ1n) is 10.9. The Morgan fingerprint density at radius 2 is 2.00 bits per heavy atom. The smallest absolute Gasteiger partial charge is 0.275 e. The van der Waals surface area contributed by atoms with Crippen LogP contribution in [0, 0.1) is 29.9 Å². The molecule has 0 saturated carbocycles. The zero-order valence-electron chi connectivity index (χ0n) is 20.2. The molecule has 0 aliphatic carbocycles. The topological polar surface area (TPSA) is 132 Å². The van der Waals surface area contributed by atoms with Crippen molar-refractivity contribution in [2.75, 3.05) is 18.5 Å². The minimum Gasteiger partial charge on any atom is -0.463 e. The maximum atomic E-state index is 15.2. The van der Waals surface area contributed by atoms with Crippen molar-refractivity contribution >= 4 is 34.4 Å². The molecule has 2 aromatic rings. The normalized spacial score (nSPS) is 23.2. The molecule has 1 unspecified atom stereocenters. The number of thioether (sulfide) groups is 1. The molecule has 190 valence electrons. The van der Waals surface area contributed by atoms with Crippen LogP contribution in [-0.2, 0) is 10.3 Å². The number of benzene rings is 1. The number of carbonyl (C=O) groups is 2. The lowest BCUT2D eigenvalue weighted by Gasteiger charge is -2.47. The van der Waals surface area contributed by atoms with E-state index in [0.717, 1.165) is 6.07 Å². The summed E-state index contributed by atoms with van der Waals surface area (Å²) in [6, 6.07) is 2.18. The number of anilines is 1. The van der Waals surface area contributed by atoms with Crippen LogP contribution in [-0.4, -0.2) is 44.8 Å². The highest BCUT2D eigenvalue weighted by Crippen LogP contribution is 2.50. The molecular formula is C24H26F2N6O3S. The summed E-state index contributed by atoms with van der Waals surface area (Å²) >= 11 is 1.25. The van der Waals surface area contributed by atoms with Crippen LogP contribution in [0.5, 0.6) is 5.88 Å². The lowest BCUT2D eigenvalue weighted by atomic mass is 9.73. The summed E-state index contributed by atoms with van der Waals surface area (Å²) in [7, 11) is 0. The van der Waals surface area contributed by atoms with Crippen molar-refractivity contribution in [3.8, 4) is 18.2 Å². The average molecular weight is 517 g/mol. The Labute approximate surface area is 211 Å². The Morgan fingerprint density at radius 3 is 2.61 bits per heavy atom. The second-order valence-electron chi connectivity index (χ2n) is 8.65. The van der Waals surface area contributed by atoms with Crippen LogP contribution >= 0.6 is 11.8 Å². The van der Waals surface area contributed by atoms with Gasteiger partial charge in [0.05, 0.1) is 17.9 Å². The number of aromatic nitrogens is 2. The number of nitrogens with zero attached hydrogens (tertiary/aromatic N) is 3. The van der Waals surface area contributed by atoms with Gasteiger partial charge in [0, 0.05) is 41.5 Å². The number of carbonyl (C=O) groups excluding carboxylic acids is 2. The van der Waals surface area contributed by atoms with E-state index in [2.05, 4.69) is 31.5 Å². The van der Waals surface area contributed by atoms with Crippen LogP contribution in [0.3, 0.4) is 0 Å². The number of hydrogen-bond donors (Lipinski definition) is 3. The number of terminal acetylenes is 1. The average Bonchev–Trinajstić information content (AvgIpc) is 2.82. The van der Waals surface area contributed by atoms with Crippen LogP contribution in [0.2, 0.25) is 0 Å². The number of amidine groups is 1. The quantitative estimate of drug-likeness (QED) is 0.482. The number of amides is 2. The van der Waals surface area contributed by atoms with Gasteiger partial charge in [-0.2, -0.15) is 0 Å². The fraction of sp³-hybridized carbons (Fsp3) is 0.375. The molecule has 0 spiro atoms. The van der Waals surface area contributed by atoms with Gasteiger partial charge in [-0.3, -0.25) is 14.6 Å². The van der Waals surface area contributed by atoms with Gasteiger partial charge in [-0.15, -0.1) is 6.42 Å². The SMILES string of the molecule is C#CCOc1cnc(C(=O)Nc2cc(F)c(F)c([C@@]3(C)N=C(N)S[C@](C)(CNC(C)=O)C3C)c2)cn1. The van der Waals surface area contributed by atoms with Crippen molar-refractivity contribution in [2.45, 2.75) is 38.0 Å². The molecule has 9 nitrogen and oxygen atoms in total. The molecule has 0 radical (unpaired) electrons. The zero-order chi connectivity index (χ0) is 26.7. The second-order valence-corrected chi connectivity index (χ2v) is 10.2. The van der Waals surface area contributed by atoms with Gasteiger partial charge in [-0.25, -0.2) is 18.7 Å². The van der Waals surface area contributed by atoms with Gasteiger partial charge >= 0.3 is 0 Å². The molecule has 1 aromatic heterocycles. The highest BCUT2D eigenvalue weighted by atomic mass is 32.2. The third-order valence-corrected chi connectivity index (χ3v) is 7.39. The van der Waals surface area contributed by atoms with Crippen molar-refractivity contribution < 1.29 is 23.1 Å². The van der Waals surface area contributed by atoms with Crippen LogP contribution < -0.4 is 21.1 Å². The molecule has 36 heavy (non-hydrogen) atoms. The molecule has 3 atom stereocenters. The Balaban J connectivity index is 1.93. The number of ether oxygens (including phenoxy) is 1. The van der Waals surface area contributed by atoms with E-state index in [9.17, 15) is 14.0 Å². The van der Waals surface area contributed by atoms with Gasteiger partial charge in [0.15, 0.2) is 23.4 Å². The van der Waals surface area contributed by atoms with Crippen molar-refractivity contribution in [3.05, 3.63) is 47.4 Å². The van der Waals surface area contributed by atoms with Gasteiger partial charge in [0.2, 0.25) is 11.8 Å². The van der Waals surface area contributed by atoms with E-state index in [4.69, 9.17) is 16.9 Å². The number of nitrogens with two attached hydrogens (primary N) is 1. The van der Waals surface area contributed by atoms with Crippen LogP contribution in [0.15, 0.2) is 29.5 Å². The van der Waals surface area contributed by atoms with Gasteiger partial charge in [-0.1, -0.05) is 24.6 Å². The minimum absolute atomic E-state index is 0.00709. The van der Waals surface area contributed by atoms with Gasteiger partial charge in [-0.05, 0) is 19.9 Å². The zero-order valence-corrected chi connectivity index (χ0v) is 21.0. The van der Waals surface area contributed by atoms with E-state index >= 15 is 4.39 Å². The van der Waals surface area contributed by atoms with E-state index in [0.29, 0.717) is 0 Å². The molecule has 2 heterocycles. The molecule has 1 aromatic carbocycles. The predicted octanol–water partition coefficient (Wildman–Crippen LogP) is 2.83. The summed E-state index contributed by atoms with van der Waals surface area (Å²) in [5.74, 6) is -1.20. The first-order valence-corrected chi connectivity index (χ1v) is 11.7. The summed E-state index contributed by atoms with van der Waals surface area (Å²) in [6.07, 6.45) is 7.51.